The first-order valence-electron chi connectivity index (χ1n) is 9.20. The summed E-state index contributed by atoms with van der Waals surface area (Å²) in [6.07, 6.45) is 1.33. The van der Waals surface area contributed by atoms with E-state index in [1.54, 1.807) is 7.11 Å². The third-order valence-electron chi connectivity index (χ3n) is 4.66. The van der Waals surface area contributed by atoms with Gasteiger partial charge in [0.25, 0.3) is 0 Å². The molecule has 0 aliphatic heterocycles. The molecule has 0 aliphatic rings. The minimum atomic E-state index is -0.540. The van der Waals surface area contributed by atoms with Gasteiger partial charge in [-0.1, -0.05) is 42.5 Å². The van der Waals surface area contributed by atoms with Crippen molar-refractivity contribution in [3.63, 3.8) is 0 Å². The number of hydrogen-bond donors (Lipinski definition) is 2. The Bertz CT molecular complexity index is 852. The number of aliphatic hydroxyl groups excluding tert-OH is 1. The zero-order chi connectivity index (χ0) is 19.1. The smallest absolute Gasteiger partial charge is 0.128 e. The van der Waals surface area contributed by atoms with E-state index in [4.69, 9.17) is 4.74 Å². The second kappa shape index (κ2) is 9.46. The maximum atomic E-state index is 10.5. The lowest BCUT2D eigenvalue weighted by Crippen LogP contribution is -2.23. The number of aliphatic hydroxyl groups is 1. The molecular formula is C22H27N3O2. The maximum Gasteiger partial charge on any atom is 0.128 e. The van der Waals surface area contributed by atoms with Crippen LogP contribution in [-0.2, 0) is 11.3 Å². The van der Waals surface area contributed by atoms with Crippen LogP contribution in [0.5, 0.6) is 0 Å². The van der Waals surface area contributed by atoms with Gasteiger partial charge >= 0.3 is 0 Å². The van der Waals surface area contributed by atoms with Gasteiger partial charge in [-0.15, -0.1) is 0 Å². The maximum absolute atomic E-state index is 10.5. The molecule has 0 unspecified atom stereocenters. The molecule has 1 atom stereocenters. The average Bonchev–Trinajstić information content (AvgIpc) is 2.72. The summed E-state index contributed by atoms with van der Waals surface area (Å²) in [6.45, 7) is 2.64. The number of anilines is 1. The van der Waals surface area contributed by atoms with E-state index in [1.165, 1.54) is 5.39 Å². The molecule has 0 amide bonds. The Hall–Kier alpha value is -2.47. The summed E-state index contributed by atoms with van der Waals surface area (Å²) in [4.78, 5) is 6.55. The van der Waals surface area contributed by atoms with Crippen LogP contribution in [0.25, 0.3) is 10.8 Å². The van der Waals surface area contributed by atoms with E-state index in [9.17, 15) is 5.11 Å². The molecule has 27 heavy (non-hydrogen) atoms. The van der Waals surface area contributed by atoms with Crippen LogP contribution in [0.4, 0.5) is 5.82 Å². The molecule has 0 spiro atoms. The van der Waals surface area contributed by atoms with Crippen LogP contribution in [0.2, 0.25) is 0 Å². The lowest BCUT2D eigenvalue weighted by Gasteiger charge is -2.18. The fraction of sp³-hybridized carbons (Fsp3) is 0.318. The molecular weight excluding hydrogens is 338 g/mol. The highest BCUT2D eigenvalue weighted by atomic mass is 16.5. The van der Waals surface area contributed by atoms with Crippen molar-refractivity contribution in [3.05, 3.63) is 71.9 Å². The molecule has 0 fully saturated rings. The number of likely N-dealkylation sites (N-methyl/N-ethyl adjacent to an activating group) is 1. The minimum Gasteiger partial charge on any atom is -0.387 e. The SMILES string of the molecule is COCCN(C)c1ccc(CNC[C@@H](O)c2ccc3ccccc3c2)cn1. The quantitative estimate of drug-likeness (QED) is 0.610. The topological polar surface area (TPSA) is 57.6 Å². The van der Waals surface area contributed by atoms with Gasteiger partial charge in [0.1, 0.15) is 5.82 Å². The summed E-state index contributed by atoms with van der Waals surface area (Å²) in [5, 5.41) is 16.1. The lowest BCUT2D eigenvalue weighted by molar-refractivity contribution is 0.174. The first kappa shape index (κ1) is 19.3. The fourth-order valence-corrected chi connectivity index (χ4v) is 2.98. The van der Waals surface area contributed by atoms with E-state index in [1.807, 2.05) is 43.6 Å². The summed E-state index contributed by atoms with van der Waals surface area (Å²) < 4.78 is 5.09. The Morgan fingerprint density at radius 1 is 1.11 bits per heavy atom. The predicted molar refractivity (Wildman–Crippen MR) is 110 cm³/mol. The number of rotatable bonds is 9. The molecule has 3 aromatic rings. The zero-order valence-corrected chi connectivity index (χ0v) is 15.9. The normalized spacial score (nSPS) is 12.3. The average molecular weight is 365 g/mol. The number of ether oxygens (including phenoxy) is 1. The number of methoxy groups -OCH3 is 1. The van der Waals surface area contributed by atoms with Gasteiger partial charge in [0.05, 0.1) is 12.7 Å². The largest absolute Gasteiger partial charge is 0.387 e. The summed E-state index contributed by atoms with van der Waals surface area (Å²) in [7, 11) is 3.70. The number of hydrogen-bond acceptors (Lipinski definition) is 5. The monoisotopic (exact) mass is 365 g/mol. The van der Waals surface area contributed by atoms with Crippen molar-refractivity contribution in [1.82, 2.24) is 10.3 Å². The summed E-state index contributed by atoms with van der Waals surface area (Å²) >= 11 is 0. The molecule has 2 aromatic carbocycles. The highest BCUT2D eigenvalue weighted by Crippen LogP contribution is 2.20. The molecule has 5 heteroatoms. The number of nitrogens with zero attached hydrogens (tertiary/aromatic N) is 2. The summed E-state index contributed by atoms with van der Waals surface area (Å²) in [5.74, 6) is 0.923. The molecule has 3 rings (SSSR count). The van der Waals surface area contributed by atoms with Gasteiger partial charge in [0, 0.05) is 40.0 Å². The van der Waals surface area contributed by atoms with Gasteiger partial charge < -0.3 is 20.1 Å². The van der Waals surface area contributed by atoms with Gasteiger partial charge in [-0.2, -0.15) is 0 Å². The fourth-order valence-electron chi connectivity index (χ4n) is 2.98. The Balaban J connectivity index is 1.51. The van der Waals surface area contributed by atoms with Crippen molar-refractivity contribution < 1.29 is 9.84 Å². The highest BCUT2D eigenvalue weighted by Gasteiger charge is 2.08. The molecule has 0 radical (unpaired) electrons. The van der Waals surface area contributed by atoms with Crippen LogP contribution in [0, 0.1) is 0 Å². The molecule has 1 heterocycles. The predicted octanol–water partition coefficient (Wildman–Crippen LogP) is 3.14. The number of benzene rings is 2. The molecule has 0 aliphatic carbocycles. The molecule has 2 N–H and O–H groups in total. The molecule has 0 saturated carbocycles. The summed E-state index contributed by atoms with van der Waals surface area (Å²) in [5.41, 5.74) is 2.01. The van der Waals surface area contributed by atoms with E-state index < -0.39 is 6.10 Å². The van der Waals surface area contributed by atoms with Crippen LogP contribution >= 0.6 is 0 Å². The van der Waals surface area contributed by atoms with E-state index in [0.717, 1.165) is 28.9 Å². The first-order valence-corrected chi connectivity index (χ1v) is 9.20. The number of aromatic nitrogens is 1. The Morgan fingerprint density at radius 2 is 1.93 bits per heavy atom. The van der Waals surface area contributed by atoms with Crippen molar-refractivity contribution in [2.45, 2.75) is 12.6 Å². The van der Waals surface area contributed by atoms with Gasteiger partial charge in [0.15, 0.2) is 0 Å². The second-order valence-electron chi connectivity index (χ2n) is 6.69. The Labute approximate surface area is 160 Å². The van der Waals surface area contributed by atoms with E-state index in [-0.39, 0.29) is 0 Å². The Morgan fingerprint density at radius 3 is 2.67 bits per heavy atom. The number of nitrogens with one attached hydrogen (secondary N) is 1. The van der Waals surface area contributed by atoms with Crippen molar-refractivity contribution >= 4 is 16.6 Å². The van der Waals surface area contributed by atoms with Crippen LogP contribution in [0.3, 0.4) is 0 Å². The first-order chi connectivity index (χ1) is 13.2. The van der Waals surface area contributed by atoms with E-state index in [0.29, 0.717) is 19.7 Å². The van der Waals surface area contributed by atoms with Crippen LogP contribution in [0.1, 0.15) is 17.2 Å². The molecule has 0 bridgehead atoms. The van der Waals surface area contributed by atoms with Crippen molar-refractivity contribution in [2.75, 3.05) is 38.8 Å². The third kappa shape index (κ3) is 5.26. The van der Waals surface area contributed by atoms with Crippen molar-refractivity contribution in [1.29, 1.82) is 0 Å². The van der Waals surface area contributed by atoms with Gasteiger partial charge in [-0.05, 0) is 34.0 Å². The number of fused-ring (bicyclic) bond motifs is 1. The standard InChI is InChI=1S/C22H27N3O2/c1-25(11-12-27-2)22-10-7-17(15-24-22)14-23-16-21(26)20-9-8-18-5-3-4-6-19(18)13-20/h3-10,13,15,21,23,26H,11-12,14,16H2,1-2H3/t21-/m1/s1. The molecule has 0 saturated heterocycles. The lowest BCUT2D eigenvalue weighted by atomic mass is 10.0. The Kier molecular flexibility index (Phi) is 6.76. The van der Waals surface area contributed by atoms with Crippen LogP contribution in [0.15, 0.2) is 60.8 Å². The van der Waals surface area contributed by atoms with Crippen LogP contribution in [-0.4, -0.2) is 43.9 Å². The highest BCUT2D eigenvalue weighted by molar-refractivity contribution is 5.83. The third-order valence-corrected chi connectivity index (χ3v) is 4.66. The minimum absolute atomic E-state index is 0.494. The van der Waals surface area contributed by atoms with E-state index in [2.05, 4.69) is 39.5 Å². The number of pyridine rings is 1. The summed E-state index contributed by atoms with van der Waals surface area (Å²) in [6, 6.07) is 18.3. The van der Waals surface area contributed by atoms with Crippen LogP contribution < -0.4 is 10.2 Å². The zero-order valence-electron chi connectivity index (χ0n) is 15.9. The van der Waals surface area contributed by atoms with Gasteiger partial charge in [-0.3, -0.25) is 0 Å². The second-order valence-corrected chi connectivity index (χ2v) is 6.69. The molecule has 5 nitrogen and oxygen atoms in total. The van der Waals surface area contributed by atoms with Gasteiger partial charge in [0.2, 0.25) is 0 Å². The van der Waals surface area contributed by atoms with Gasteiger partial charge in [-0.25, -0.2) is 4.98 Å². The van der Waals surface area contributed by atoms with E-state index >= 15 is 0 Å². The molecule has 1 aromatic heterocycles. The van der Waals surface area contributed by atoms with Crippen molar-refractivity contribution in [3.8, 4) is 0 Å². The van der Waals surface area contributed by atoms with Crippen molar-refractivity contribution in [2.24, 2.45) is 0 Å². The molecule has 142 valence electrons.